The number of esters is 1. The molecule has 4 aliphatic rings. The Bertz CT molecular complexity index is 959. The Balaban J connectivity index is 1.15. The number of aliphatic hydroxyl groups is 1. The fourth-order valence-corrected chi connectivity index (χ4v) is 10.4. The molecule has 10 atom stereocenters. The number of hydrogen-bond acceptors (Lipinski definition) is 3. The molecule has 0 bridgehead atoms. The van der Waals surface area contributed by atoms with Crippen molar-refractivity contribution in [3.63, 3.8) is 0 Å². The van der Waals surface area contributed by atoms with Crippen molar-refractivity contribution in [3.8, 4) is 0 Å². The first-order valence-corrected chi connectivity index (χ1v) is 16.1. The number of benzene rings is 1. The summed E-state index contributed by atoms with van der Waals surface area (Å²) in [6.45, 7) is 12.0. The fourth-order valence-electron chi connectivity index (χ4n) is 10.4. The Hall–Kier alpha value is -1.35. The lowest BCUT2D eigenvalue weighted by Crippen LogP contribution is -2.56. The van der Waals surface area contributed by atoms with E-state index in [1.54, 1.807) is 0 Å². The van der Waals surface area contributed by atoms with Crippen molar-refractivity contribution < 1.29 is 14.6 Å². The van der Waals surface area contributed by atoms with Crippen LogP contribution in [0.3, 0.4) is 0 Å². The van der Waals surface area contributed by atoms with Crippen LogP contribution in [-0.2, 0) is 4.74 Å². The van der Waals surface area contributed by atoms with Gasteiger partial charge in [0.15, 0.2) is 0 Å². The maximum absolute atomic E-state index is 12.4. The molecule has 0 radical (unpaired) electrons. The highest BCUT2D eigenvalue weighted by molar-refractivity contribution is 5.89. The van der Waals surface area contributed by atoms with E-state index in [1.165, 1.54) is 51.4 Å². The van der Waals surface area contributed by atoms with E-state index in [2.05, 4.69) is 27.7 Å². The minimum absolute atomic E-state index is 0.0333. The Morgan fingerprint density at radius 1 is 0.947 bits per heavy atom. The van der Waals surface area contributed by atoms with Crippen LogP contribution in [0, 0.1) is 46.3 Å². The number of carbonyl (C=O) groups is 1. The van der Waals surface area contributed by atoms with Gasteiger partial charge in [0.05, 0.1) is 17.3 Å². The van der Waals surface area contributed by atoms with Crippen LogP contribution < -0.4 is 0 Å². The Morgan fingerprint density at radius 2 is 1.68 bits per heavy atom. The van der Waals surface area contributed by atoms with Crippen molar-refractivity contribution in [3.05, 3.63) is 35.9 Å². The van der Waals surface area contributed by atoms with Crippen molar-refractivity contribution >= 4 is 5.97 Å². The van der Waals surface area contributed by atoms with Gasteiger partial charge in [0.2, 0.25) is 0 Å². The molecule has 4 aliphatic carbocycles. The maximum atomic E-state index is 12.4. The van der Waals surface area contributed by atoms with Gasteiger partial charge in [-0.2, -0.15) is 0 Å². The van der Waals surface area contributed by atoms with Crippen LogP contribution in [0.2, 0.25) is 0 Å². The van der Waals surface area contributed by atoms with Gasteiger partial charge < -0.3 is 9.84 Å². The van der Waals surface area contributed by atoms with Gasteiger partial charge in [0.1, 0.15) is 0 Å². The molecule has 0 unspecified atom stereocenters. The maximum Gasteiger partial charge on any atom is 0.338 e. The van der Waals surface area contributed by atoms with Gasteiger partial charge in [-0.25, -0.2) is 4.79 Å². The number of carbonyl (C=O) groups excluding carboxylic acids is 1. The normalized spacial score (nSPS) is 41.9. The van der Waals surface area contributed by atoms with E-state index in [9.17, 15) is 9.90 Å². The molecule has 0 spiro atoms. The molecule has 0 heterocycles. The molecule has 4 saturated carbocycles. The summed E-state index contributed by atoms with van der Waals surface area (Å²) in [6, 6.07) is 9.36. The van der Waals surface area contributed by atoms with Gasteiger partial charge >= 0.3 is 5.97 Å². The SMILES string of the molecule is CC[C@]1(O)CC[C@@]2(C)[C@@H](CC[C@@H]3[C@@H]2CC[C@]2(C)[C@@H]([C@H](C)CCC[C@H](C)OC(=O)c4ccccc4)CC[C@@H]32)C1. The van der Waals surface area contributed by atoms with Crippen LogP contribution in [0.15, 0.2) is 30.3 Å². The van der Waals surface area contributed by atoms with Gasteiger partial charge in [-0.05, 0) is 142 Å². The van der Waals surface area contributed by atoms with Crippen molar-refractivity contribution in [2.45, 2.75) is 130 Å². The Kier molecular flexibility index (Phi) is 8.09. The van der Waals surface area contributed by atoms with Crippen LogP contribution in [-0.4, -0.2) is 22.8 Å². The number of hydrogen-bond donors (Lipinski definition) is 1. The highest BCUT2D eigenvalue weighted by Gasteiger charge is 2.61. The quantitative estimate of drug-likeness (QED) is 0.347. The Labute approximate surface area is 232 Å². The first kappa shape index (κ1) is 28.2. The first-order chi connectivity index (χ1) is 18.1. The predicted molar refractivity (Wildman–Crippen MR) is 155 cm³/mol. The molecule has 0 amide bonds. The molecule has 212 valence electrons. The summed E-state index contributed by atoms with van der Waals surface area (Å²) < 4.78 is 5.73. The van der Waals surface area contributed by atoms with Crippen LogP contribution in [0.25, 0.3) is 0 Å². The minimum Gasteiger partial charge on any atom is -0.459 e. The second-order valence-corrected chi connectivity index (χ2v) is 14.7. The third kappa shape index (κ3) is 5.11. The van der Waals surface area contributed by atoms with E-state index >= 15 is 0 Å². The van der Waals surface area contributed by atoms with E-state index in [1.807, 2.05) is 37.3 Å². The highest BCUT2D eigenvalue weighted by atomic mass is 16.5. The molecule has 5 rings (SSSR count). The van der Waals surface area contributed by atoms with E-state index < -0.39 is 5.60 Å². The monoisotopic (exact) mass is 522 g/mol. The van der Waals surface area contributed by atoms with E-state index in [-0.39, 0.29) is 12.1 Å². The van der Waals surface area contributed by atoms with Crippen LogP contribution in [0.1, 0.15) is 128 Å². The van der Waals surface area contributed by atoms with Crippen LogP contribution >= 0.6 is 0 Å². The summed E-state index contributed by atoms with van der Waals surface area (Å²) in [6.07, 6.45) is 15.9. The molecule has 0 aliphatic heterocycles. The summed E-state index contributed by atoms with van der Waals surface area (Å²) >= 11 is 0. The molecular formula is C35H54O3. The number of rotatable bonds is 8. The third-order valence-electron chi connectivity index (χ3n) is 12.8. The second kappa shape index (κ2) is 10.9. The molecule has 38 heavy (non-hydrogen) atoms. The molecular weight excluding hydrogens is 468 g/mol. The zero-order chi connectivity index (χ0) is 27.1. The molecule has 3 nitrogen and oxygen atoms in total. The largest absolute Gasteiger partial charge is 0.459 e. The van der Waals surface area contributed by atoms with E-state index in [0.717, 1.165) is 67.6 Å². The van der Waals surface area contributed by atoms with Gasteiger partial charge in [-0.3, -0.25) is 0 Å². The molecule has 1 aromatic carbocycles. The van der Waals surface area contributed by atoms with Crippen molar-refractivity contribution in [2.24, 2.45) is 46.3 Å². The first-order valence-electron chi connectivity index (χ1n) is 16.1. The smallest absolute Gasteiger partial charge is 0.338 e. The van der Waals surface area contributed by atoms with Crippen LogP contribution in [0.4, 0.5) is 0 Å². The summed E-state index contributed by atoms with van der Waals surface area (Å²) in [5.74, 6) is 4.75. The fraction of sp³-hybridized carbons (Fsp3) is 0.800. The average molecular weight is 523 g/mol. The van der Waals surface area contributed by atoms with Crippen molar-refractivity contribution in [1.82, 2.24) is 0 Å². The third-order valence-corrected chi connectivity index (χ3v) is 12.8. The van der Waals surface area contributed by atoms with Gasteiger partial charge in [-0.15, -0.1) is 0 Å². The number of ether oxygens (including phenoxy) is 1. The lowest BCUT2D eigenvalue weighted by Gasteiger charge is -2.62. The van der Waals surface area contributed by atoms with Crippen molar-refractivity contribution in [2.75, 3.05) is 0 Å². The van der Waals surface area contributed by atoms with E-state index in [0.29, 0.717) is 16.4 Å². The molecule has 3 heteroatoms. The molecule has 0 saturated heterocycles. The summed E-state index contributed by atoms with van der Waals surface area (Å²) in [5, 5.41) is 11.1. The zero-order valence-corrected chi connectivity index (χ0v) is 24.9. The Morgan fingerprint density at radius 3 is 2.42 bits per heavy atom. The lowest BCUT2D eigenvalue weighted by molar-refractivity contribution is -0.152. The highest BCUT2D eigenvalue weighted by Crippen LogP contribution is 2.69. The summed E-state index contributed by atoms with van der Waals surface area (Å²) in [5.41, 5.74) is 1.19. The minimum atomic E-state index is -0.397. The predicted octanol–water partition coefficient (Wildman–Crippen LogP) is 8.84. The molecule has 1 aromatic rings. The van der Waals surface area contributed by atoms with Gasteiger partial charge in [-0.1, -0.05) is 52.3 Å². The second-order valence-electron chi connectivity index (χ2n) is 14.7. The zero-order valence-electron chi connectivity index (χ0n) is 24.9. The molecule has 1 N–H and O–H groups in total. The van der Waals surface area contributed by atoms with E-state index in [4.69, 9.17) is 4.74 Å². The molecule has 4 fully saturated rings. The van der Waals surface area contributed by atoms with Crippen LogP contribution in [0.5, 0.6) is 0 Å². The summed E-state index contributed by atoms with van der Waals surface area (Å²) in [4.78, 5) is 12.4. The van der Waals surface area contributed by atoms with Crippen molar-refractivity contribution in [1.29, 1.82) is 0 Å². The van der Waals surface area contributed by atoms with Gasteiger partial charge in [0.25, 0.3) is 0 Å². The summed E-state index contributed by atoms with van der Waals surface area (Å²) in [7, 11) is 0. The van der Waals surface area contributed by atoms with Gasteiger partial charge in [0, 0.05) is 0 Å². The topological polar surface area (TPSA) is 46.5 Å². The average Bonchev–Trinajstić information content (AvgIpc) is 3.27. The molecule has 0 aromatic heterocycles. The number of fused-ring (bicyclic) bond motifs is 5. The standard InChI is InChI=1S/C35H54O3/c1-6-35(37)22-21-33(4)27(23-35)15-16-28-30-18-17-29(34(30,5)20-19-31(28)33)24(2)11-10-12-25(3)38-32(36)26-13-8-7-9-14-26/h7-9,13-14,24-25,27-31,37H,6,10-12,15-23H2,1-5H3/t24-,25+,27+,28+,29-,30+,31+,33+,34-,35+/m1/s1. The lowest BCUT2D eigenvalue weighted by atomic mass is 9.43.